The highest BCUT2D eigenvalue weighted by Crippen LogP contribution is 2.32. The van der Waals surface area contributed by atoms with Crippen molar-refractivity contribution in [2.24, 2.45) is 7.05 Å². The van der Waals surface area contributed by atoms with Gasteiger partial charge in [0.15, 0.2) is 0 Å². The second-order valence-electron chi connectivity index (χ2n) is 7.20. The molecule has 1 saturated carbocycles. The Kier molecular flexibility index (Phi) is 4.33. The zero-order chi connectivity index (χ0) is 17.6. The Morgan fingerprint density at radius 2 is 1.80 bits per heavy atom. The molecule has 1 aromatic heterocycles. The van der Waals surface area contributed by atoms with E-state index >= 15 is 0 Å². The number of anilines is 1. The molecular formula is C16H25N5O3S. The van der Waals surface area contributed by atoms with E-state index in [4.69, 9.17) is 0 Å². The molecule has 3 aliphatic rings. The van der Waals surface area contributed by atoms with Gasteiger partial charge in [-0.1, -0.05) is 0 Å². The van der Waals surface area contributed by atoms with Crippen molar-refractivity contribution in [3.8, 4) is 0 Å². The van der Waals surface area contributed by atoms with E-state index in [-0.39, 0.29) is 17.2 Å². The molecule has 2 aliphatic heterocycles. The van der Waals surface area contributed by atoms with E-state index in [1.54, 1.807) is 15.2 Å². The molecule has 4 rings (SSSR count). The fourth-order valence-corrected chi connectivity index (χ4v) is 5.67. The lowest BCUT2D eigenvalue weighted by Gasteiger charge is -2.41. The first-order valence-electron chi connectivity index (χ1n) is 9.00. The Morgan fingerprint density at radius 1 is 1.08 bits per heavy atom. The van der Waals surface area contributed by atoms with Gasteiger partial charge in [-0.05, 0) is 25.7 Å². The van der Waals surface area contributed by atoms with Crippen molar-refractivity contribution in [3.63, 3.8) is 0 Å². The Labute approximate surface area is 148 Å². The zero-order valence-corrected chi connectivity index (χ0v) is 15.4. The van der Waals surface area contributed by atoms with E-state index in [0.717, 1.165) is 37.9 Å². The van der Waals surface area contributed by atoms with Crippen LogP contribution in [0.5, 0.6) is 0 Å². The van der Waals surface area contributed by atoms with Crippen LogP contribution in [0.25, 0.3) is 0 Å². The number of amides is 1. The lowest BCUT2D eigenvalue weighted by Crippen LogP contribution is -2.58. The highest BCUT2D eigenvalue weighted by Gasteiger charge is 2.42. The van der Waals surface area contributed by atoms with Crippen LogP contribution in [0.1, 0.15) is 25.7 Å². The van der Waals surface area contributed by atoms with Crippen molar-refractivity contribution in [3.05, 3.63) is 12.4 Å². The lowest BCUT2D eigenvalue weighted by atomic mass is 10.0. The normalized spacial score (nSPS) is 27.0. The van der Waals surface area contributed by atoms with Gasteiger partial charge >= 0.3 is 0 Å². The molecular weight excluding hydrogens is 342 g/mol. The van der Waals surface area contributed by atoms with Crippen LogP contribution in [0.15, 0.2) is 12.4 Å². The Balaban J connectivity index is 1.41. The molecule has 1 atom stereocenters. The van der Waals surface area contributed by atoms with E-state index in [9.17, 15) is 13.2 Å². The number of carbonyl (C=O) groups excluding carboxylic acids is 1. The topological polar surface area (TPSA) is 78.8 Å². The molecule has 1 aromatic rings. The summed E-state index contributed by atoms with van der Waals surface area (Å²) in [6.07, 6.45) is 6.96. The van der Waals surface area contributed by atoms with Gasteiger partial charge in [0.25, 0.3) is 0 Å². The highest BCUT2D eigenvalue weighted by molar-refractivity contribution is 7.90. The van der Waals surface area contributed by atoms with E-state index < -0.39 is 10.0 Å². The average Bonchev–Trinajstić information content (AvgIpc) is 3.38. The third-order valence-corrected chi connectivity index (χ3v) is 7.83. The van der Waals surface area contributed by atoms with Gasteiger partial charge in [-0.3, -0.25) is 14.4 Å². The minimum atomic E-state index is -3.11. The fraction of sp³-hybridized carbons (Fsp3) is 0.750. The van der Waals surface area contributed by atoms with Gasteiger partial charge in [0, 0.05) is 46.0 Å². The monoisotopic (exact) mass is 367 g/mol. The Hall–Kier alpha value is -1.45. The molecule has 1 aliphatic carbocycles. The van der Waals surface area contributed by atoms with Crippen LogP contribution < -0.4 is 4.90 Å². The summed E-state index contributed by atoms with van der Waals surface area (Å²) in [7, 11) is -1.27. The summed E-state index contributed by atoms with van der Waals surface area (Å²) >= 11 is 0. The summed E-state index contributed by atoms with van der Waals surface area (Å²) in [5, 5.41) is 4.00. The fourth-order valence-electron chi connectivity index (χ4n) is 3.85. The number of nitrogens with zero attached hydrogens (tertiary/aromatic N) is 5. The van der Waals surface area contributed by atoms with Crippen LogP contribution in [0, 0.1) is 0 Å². The first-order chi connectivity index (χ1) is 12.0. The molecule has 3 fully saturated rings. The van der Waals surface area contributed by atoms with Crippen LogP contribution in [0.2, 0.25) is 0 Å². The number of piperazine rings is 1. The van der Waals surface area contributed by atoms with E-state index in [1.165, 1.54) is 0 Å². The predicted octanol–water partition coefficient (Wildman–Crippen LogP) is 0.0253. The number of sulfonamides is 1. The summed E-state index contributed by atoms with van der Waals surface area (Å²) < 4.78 is 28.0. The van der Waals surface area contributed by atoms with Crippen LogP contribution in [-0.4, -0.2) is 77.3 Å². The SMILES string of the molecule is Cn1cc(N2CCC[C@@H](N3CCN(S(=O)(=O)C4CC4)CC3)C2=O)cn1. The van der Waals surface area contributed by atoms with E-state index in [0.29, 0.717) is 26.2 Å². The molecule has 0 unspecified atom stereocenters. The number of rotatable bonds is 4. The minimum absolute atomic E-state index is 0.109. The molecule has 25 heavy (non-hydrogen) atoms. The van der Waals surface area contributed by atoms with E-state index in [1.807, 2.05) is 18.1 Å². The van der Waals surface area contributed by atoms with Gasteiger partial charge in [-0.2, -0.15) is 9.40 Å². The van der Waals surface area contributed by atoms with Crippen LogP contribution in [0.4, 0.5) is 5.69 Å². The van der Waals surface area contributed by atoms with Crippen molar-refractivity contribution >= 4 is 21.6 Å². The van der Waals surface area contributed by atoms with Crippen molar-refractivity contribution < 1.29 is 13.2 Å². The second-order valence-corrected chi connectivity index (χ2v) is 9.41. The van der Waals surface area contributed by atoms with Gasteiger partial charge in [0.2, 0.25) is 15.9 Å². The number of carbonyl (C=O) groups is 1. The molecule has 1 amide bonds. The maximum absolute atomic E-state index is 12.9. The number of hydrogen-bond acceptors (Lipinski definition) is 5. The molecule has 9 heteroatoms. The number of piperidine rings is 1. The summed E-state index contributed by atoms with van der Waals surface area (Å²) in [6, 6.07) is -0.153. The quantitative estimate of drug-likeness (QED) is 0.750. The van der Waals surface area contributed by atoms with Crippen molar-refractivity contribution in [2.45, 2.75) is 37.0 Å². The Morgan fingerprint density at radius 3 is 2.40 bits per heavy atom. The predicted molar refractivity (Wildman–Crippen MR) is 93.7 cm³/mol. The maximum atomic E-state index is 12.9. The largest absolute Gasteiger partial charge is 0.308 e. The first kappa shape index (κ1) is 17.0. The molecule has 0 aromatic carbocycles. The van der Waals surface area contributed by atoms with E-state index in [2.05, 4.69) is 10.00 Å². The third kappa shape index (κ3) is 3.20. The van der Waals surface area contributed by atoms with Crippen molar-refractivity contribution in [1.82, 2.24) is 19.0 Å². The van der Waals surface area contributed by atoms with Gasteiger partial charge in [0.05, 0.1) is 23.2 Å². The van der Waals surface area contributed by atoms with Crippen molar-refractivity contribution in [2.75, 3.05) is 37.6 Å². The molecule has 0 radical (unpaired) electrons. The van der Waals surface area contributed by atoms with Gasteiger partial charge < -0.3 is 4.90 Å². The Bertz CT molecular complexity index is 750. The zero-order valence-electron chi connectivity index (χ0n) is 14.5. The van der Waals surface area contributed by atoms with Crippen molar-refractivity contribution in [1.29, 1.82) is 0 Å². The third-order valence-electron chi connectivity index (χ3n) is 5.43. The van der Waals surface area contributed by atoms with Crippen LogP contribution in [0.3, 0.4) is 0 Å². The molecule has 138 valence electrons. The van der Waals surface area contributed by atoms with Gasteiger partial charge in [-0.15, -0.1) is 0 Å². The maximum Gasteiger partial charge on any atom is 0.244 e. The number of aryl methyl sites for hydroxylation is 1. The first-order valence-corrected chi connectivity index (χ1v) is 10.5. The number of hydrogen-bond donors (Lipinski definition) is 0. The van der Waals surface area contributed by atoms with Crippen LogP contribution >= 0.6 is 0 Å². The molecule has 8 nitrogen and oxygen atoms in total. The smallest absolute Gasteiger partial charge is 0.244 e. The molecule has 0 N–H and O–H groups in total. The highest BCUT2D eigenvalue weighted by atomic mass is 32.2. The van der Waals surface area contributed by atoms with Gasteiger partial charge in [0.1, 0.15) is 0 Å². The summed E-state index contributed by atoms with van der Waals surface area (Å²) in [6.45, 7) is 2.97. The molecule has 0 bridgehead atoms. The molecule has 0 spiro atoms. The summed E-state index contributed by atoms with van der Waals surface area (Å²) in [5.41, 5.74) is 0.840. The number of aromatic nitrogens is 2. The average molecular weight is 367 g/mol. The van der Waals surface area contributed by atoms with Gasteiger partial charge in [-0.25, -0.2) is 8.42 Å². The second kappa shape index (κ2) is 6.37. The van der Waals surface area contributed by atoms with Crippen LogP contribution in [-0.2, 0) is 21.9 Å². The summed E-state index contributed by atoms with van der Waals surface area (Å²) in [4.78, 5) is 16.9. The minimum Gasteiger partial charge on any atom is -0.308 e. The molecule has 2 saturated heterocycles. The standard InChI is InChI=1S/C16H25N5O3S/c1-18-12-13(11-17-18)21-6-2-3-15(16(21)22)19-7-9-20(10-8-19)25(23,24)14-4-5-14/h11-12,14-15H,2-10H2,1H3/t15-/m1/s1. The summed E-state index contributed by atoms with van der Waals surface area (Å²) in [5.74, 6) is 0.109. The molecule has 3 heterocycles. The lowest BCUT2D eigenvalue weighted by molar-refractivity contribution is -0.125.